The zero-order valence-electron chi connectivity index (χ0n) is 8.80. The maximum absolute atomic E-state index is 11.3. The number of nitrogens with zero attached hydrogens (tertiary/aromatic N) is 2. The van der Waals surface area contributed by atoms with E-state index in [9.17, 15) is 9.59 Å². The first-order valence-corrected chi connectivity index (χ1v) is 5.62. The molecule has 0 aliphatic carbocycles. The Morgan fingerprint density at radius 2 is 2.44 bits per heavy atom. The number of hydrogen-bond acceptors (Lipinski definition) is 5. The minimum absolute atomic E-state index is 0.116. The summed E-state index contributed by atoms with van der Waals surface area (Å²) in [5.74, 6) is -1.06. The second-order valence-electron chi connectivity index (χ2n) is 2.99. The average Bonchev–Trinajstić information content (AvgIpc) is 2.58. The quantitative estimate of drug-likeness (QED) is 0.511. The third kappa shape index (κ3) is 3.70. The monoisotopic (exact) mass is 247 g/mol. The van der Waals surface area contributed by atoms with Crippen LogP contribution in [0.15, 0.2) is 9.95 Å². The van der Waals surface area contributed by atoms with E-state index in [0.717, 1.165) is 11.8 Å². The molecule has 90 valence electrons. The molecule has 0 saturated carbocycles. The molecule has 0 atom stereocenters. The summed E-state index contributed by atoms with van der Waals surface area (Å²) in [7, 11) is 1.58. The normalized spacial score (nSPS) is 10.6. The molecule has 0 radical (unpaired) electrons. The Kier molecular flexibility index (Phi) is 5.06. The van der Waals surface area contributed by atoms with Crippen LogP contribution < -0.4 is 5.69 Å². The molecule has 1 aromatic heterocycles. The largest absolute Gasteiger partial charge is 0.481 e. The lowest BCUT2D eigenvalue weighted by molar-refractivity contribution is -0.133. The Labute approximate surface area is 95.8 Å². The van der Waals surface area contributed by atoms with E-state index in [1.54, 1.807) is 7.11 Å². The standard InChI is InChI=1S/C8H13N3O4S/c1-15-4-2-3-11-7(14)9-10-8(11)16-5-6(12)13/h2-5H2,1H3,(H,9,14)(H,12,13). The van der Waals surface area contributed by atoms with Crippen LogP contribution in [0.2, 0.25) is 0 Å². The van der Waals surface area contributed by atoms with Crippen LogP contribution in [0.4, 0.5) is 0 Å². The molecule has 16 heavy (non-hydrogen) atoms. The Bertz CT molecular complexity index is 400. The van der Waals surface area contributed by atoms with Crippen molar-refractivity contribution in [1.82, 2.24) is 14.8 Å². The molecule has 1 rings (SSSR count). The van der Waals surface area contributed by atoms with Crippen LogP contribution in [0.25, 0.3) is 0 Å². The second-order valence-corrected chi connectivity index (χ2v) is 3.93. The zero-order valence-corrected chi connectivity index (χ0v) is 9.62. The van der Waals surface area contributed by atoms with Crippen molar-refractivity contribution in [3.05, 3.63) is 10.5 Å². The topological polar surface area (TPSA) is 97.2 Å². The van der Waals surface area contributed by atoms with Crippen LogP contribution in [0, 0.1) is 0 Å². The molecule has 0 aromatic carbocycles. The summed E-state index contributed by atoms with van der Waals surface area (Å²) in [5, 5.41) is 15.0. The molecule has 0 saturated heterocycles. The van der Waals surface area contributed by atoms with Crippen molar-refractivity contribution in [2.24, 2.45) is 0 Å². The summed E-state index contributed by atoms with van der Waals surface area (Å²) in [6.07, 6.45) is 0.677. The van der Waals surface area contributed by atoms with Gasteiger partial charge in [0.1, 0.15) is 0 Å². The highest BCUT2D eigenvalue weighted by molar-refractivity contribution is 7.99. The molecular formula is C8H13N3O4S. The van der Waals surface area contributed by atoms with Gasteiger partial charge in [0.2, 0.25) is 0 Å². The van der Waals surface area contributed by atoms with Crippen molar-refractivity contribution >= 4 is 17.7 Å². The highest BCUT2D eigenvalue weighted by atomic mass is 32.2. The maximum atomic E-state index is 11.3. The predicted molar refractivity (Wildman–Crippen MR) is 57.7 cm³/mol. The number of ether oxygens (including phenoxy) is 1. The molecule has 0 bridgehead atoms. The van der Waals surface area contributed by atoms with E-state index in [4.69, 9.17) is 9.84 Å². The Balaban J connectivity index is 2.62. The minimum atomic E-state index is -0.941. The SMILES string of the molecule is COCCCn1c(SCC(=O)O)n[nH]c1=O. The number of hydrogen-bond donors (Lipinski definition) is 2. The molecule has 0 aliphatic heterocycles. The number of carboxylic acids is 1. The van der Waals surface area contributed by atoms with Crippen LogP contribution in [-0.2, 0) is 16.1 Å². The third-order valence-corrected chi connectivity index (χ3v) is 2.74. The summed E-state index contributed by atoms with van der Waals surface area (Å²) < 4.78 is 6.28. The molecule has 1 heterocycles. The summed E-state index contributed by atoms with van der Waals surface area (Å²) in [6, 6.07) is 0. The van der Waals surface area contributed by atoms with Gasteiger partial charge in [0.15, 0.2) is 5.16 Å². The van der Waals surface area contributed by atoms with E-state index in [0.29, 0.717) is 24.7 Å². The summed E-state index contributed by atoms with van der Waals surface area (Å²) in [6.45, 7) is 1.01. The smallest absolute Gasteiger partial charge is 0.343 e. The highest BCUT2D eigenvalue weighted by Gasteiger charge is 2.10. The van der Waals surface area contributed by atoms with Gasteiger partial charge in [-0.15, -0.1) is 5.10 Å². The van der Waals surface area contributed by atoms with Crippen molar-refractivity contribution in [2.45, 2.75) is 18.1 Å². The van der Waals surface area contributed by atoms with Gasteiger partial charge in [-0.25, -0.2) is 9.89 Å². The van der Waals surface area contributed by atoms with Gasteiger partial charge >= 0.3 is 11.7 Å². The molecule has 1 aromatic rings. The lowest BCUT2D eigenvalue weighted by Gasteiger charge is -2.03. The van der Waals surface area contributed by atoms with E-state index in [1.165, 1.54) is 4.57 Å². The molecule has 0 fully saturated rings. The summed E-state index contributed by atoms with van der Waals surface area (Å²) in [4.78, 5) is 21.7. The lowest BCUT2D eigenvalue weighted by atomic mass is 10.4. The lowest BCUT2D eigenvalue weighted by Crippen LogP contribution is -2.18. The van der Waals surface area contributed by atoms with Crippen LogP contribution in [0.5, 0.6) is 0 Å². The zero-order chi connectivity index (χ0) is 12.0. The Hall–Kier alpha value is -1.28. The van der Waals surface area contributed by atoms with Gasteiger partial charge in [0.05, 0.1) is 5.75 Å². The van der Waals surface area contributed by atoms with Crippen molar-refractivity contribution in [2.75, 3.05) is 19.5 Å². The van der Waals surface area contributed by atoms with Crippen molar-refractivity contribution < 1.29 is 14.6 Å². The van der Waals surface area contributed by atoms with Gasteiger partial charge in [-0.3, -0.25) is 9.36 Å². The third-order valence-electron chi connectivity index (χ3n) is 1.78. The van der Waals surface area contributed by atoms with Crippen LogP contribution >= 0.6 is 11.8 Å². The number of aliphatic carboxylic acids is 1. The number of carboxylic acid groups (broad SMARTS) is 1. The van der Waals surface area contributed by atoms with Gasteiger partial charge in [-0.1, -0.05) is 11.8 Å². The van der Waals surface area contributed by atoms with Crippen LogP contribution in [0.3, 0.4) is 0 Å². The summed E-state index contributed by atoms with van der Waals surface area (Å²) >= 11 is 1.01. The molecule has 2 N–H and O–H groups in total. The number of carbonyl (C=O) groups is 1. The molecule has 0 amide bonds. The molecule has 7 nitrogen and oxygen atoms in total. The van der Waals surface area contributed by atoms with Crippen molar-refractivity contribution in [1.29, 1.82) is 0 Å². The average molecular weight is 247 g/mol. The van der Waals surface area contributed by atoms with Crippen LogP contribution in [-0.4, -0.2) is 45.3 Å². The Morgan fingerprint density at radius 1 is 1.69 bits per heavy atom. The van der Waals surface area contributed by atoms with E-state index in [1.807, 2.05) is 0 Å². The first-order chi connectivity index (χ1) is 7.65. The van der Waals surface area contributed by atoms with E-state index in [-0.39, 0.29) is 11.4 Å². The van der Waals surface area contributed by atoms with Gasteiger partial charge in [0.25, 0.3) is 0 Å². The molecule has 8 heteroatoms. The number of H-pyrrole nitrogens is 1. The molecular weight excluding hydrogens is 234 g/mol. The van der Waals surface area contributed by atoms with Crippen LogP contribution in [0.1, 0.15) is 6.42 Å². The van der Waals surface area contributed by atoms with Gasteiger partial charge in [-0.2, -0.15) is 0 Å². The number of rotatable bonds is 7. The molecule has 0 spiro atoms. The van der Waals surface area contributed by atoms with Crippen molar-refractivity contribution in [3.8, 4) is 0 Å². The fourth-order valence-electron chi connectivity index (χ4n) is 1.10. The van der Waals surface area contributed by atoms with E-state index >= 15 is 0 Å². The minimum Gasteiger partial charge on any atom is -0.481 e. The fraction of sp³-hybridized carbons (Fsp3) is 0.625. The maximum Gasteiger partial charge on any atom is 0.343 e. The number of nitrogens with one attached hydrogen (secondary N) is 1. The molecule has 0 unspecified atom stereocenters. The molecule has 0 aliphatic rings. The first-order valence-electron chi connectivity index (χ1n) is 4.64. The highest BCUT2D eigenvalue weighted by Crippen LogP contribution is 2.12. The van der Waals surface area contributed by atoms with Gasteiger partial charge in [0, 0.05) is 20.3 Å². The Morgan fingerprint density at radius 3 is 3.06 bits per heavy atom. The fourth-order valence-corrected chi connectivity index (χ4v) is 1.80. The van der Waals surface area contributed by atoms with Gasteiger partial charge < -0.3 is 9.84 Å². The first kappa shape index (κ1) is 12.8. The summed E-state index contributed by atoms with van der Waals surface area (Å²) in [5.41, 5.74) is -0.330. The second kappa shape index (κ2) is 6.33. The van der Waals surface area contributed by atoms with E-state index in [2.05, 4.69) is 10.2 Å². The van der Waals surface area contributed by atoms with E-state index < -0.39 is 5.97 Å². The number of aromatic nitrogens is 3. The number of methoxy groups -OCH3 is 1. The number of aromatic amines is 1. The number of thioether (sulfide) groups is 1. The predicted octanol–water partition coefficient (Wildman–Crippen LogP) is -0.215. The van der Waals surface area contributed by atoms with Gasteiger partial charge in [-0.05, 0) is 6.42 Å². The van der Waals surface area contributed by atoms with Crippen molar-refractivity contribution in [3.63, 3.8) is 0 Å².